The van der Waals surface area contributed by atoms with Crippen molar-refractivity contribution in [3.63, 3.8) is 0 Å². The van der Waals surface area contributed by atoms with Crippen LogP contribution in [0.15, 0.2) is 60.9 Å². The maximum absolute atomic E-state index is 12.6. The molecule has 1 aliphatic carbocycles. The molecular formula is C19H20N4O. The number of pyridine rings is 1. The van der Waals surface area contributed by atoms with E-state index in [1.807, 2.05) is 70.2 Å². The zero-order valence-corrected chi connectivity index (χ0v) is 13.4. The summed E-state index contributed by atoms with van der Waals surface area (Å²) in [6, 6.07) is 16.2. The maximum atomic E-state index is 12.6. The molecule has 5 heteroatoms. The molecule has 0 bridgehead atoms. The van der Waals surface area contributed by atoms with Gasteiger partial charge < -0.3 is 14.6 Å². The topological polar surface area (TPSA) is 49.6 Å². The fourth-order valence-corrected chi connectivity index (χ4v) is 2.90. The Hall–Kier alpha value is -2.82. The lowest BCUT2D eigenvalue weighted by molar-refractivity contribution is 0.190. The second kappa shape index (κ2) is 6.35. The van der Waals surface area contributed by atoms with E-state index in [9.17, 15) is 4.79 Å². The molecule has 122 valence electrons. The fourth-order valence-electron chi connectivity index (χ4n) is 2.90. The van der Waals surface area contributed by atoms with Gasteiger partial charge in [-0.15, -0.1) is 0 Å². The van der Waals surface area contributed by atoms with E-state index in [1.54, 1.807) is 0 Å². The Morgan fingerprint density at radius 3 is 2.75 bits per heavy atom. The highest BCUT2D eigenvalue weighted by atomic mass is 16.2. The highest BCUT2D eigenvalue weighted by Crippen LogP contribution is 2.28. The second-order valence-corrected chi connectivity index (χ2v) is 6.18. The predicted octanol–water partition coefficient (Wildman–Crippen LogP) is 3.21. The van der Waals surface area contributed by atoms with E-state index in [0.29, 0.717) is 19.1 Å². The smallest absolute Gasteiger partial charge is 0.318 e. The highest BCUT2D eigenvalue weighted by Gasteiger charge is 2.33. The third-order valence-electron chi connectivity index (χ3n) is 4.36. The molecule has 2 amide bonds. The first kappa shape index (κ1) is 14.8. The Labute approximate surface area is 140 Å². The molecule has 1 N–H and O–H groups in total. The van der Waals surface area contributed by atoms with Crippen LogP contribution in [0.5, 0.6) is 0 Å². The van der Waals surface area contributed by atoms with Crippen molar-refractivity contribution in [2.75, 3.05) is 0 Å². The van der Waals surface area contributed by atoms with Crippen molar-refractivity contribution in [3.05, 3.63) is 72.2 Å². The molecule has 5 nitrogen and oxygen atoms in total. The quantitative estimate of drug-likeness (QED) is 0.785. The van der Waals surface area contributed by atoms with Gasteiger partial charge in [-0.05, 0) is 30.5 Å². The van der Waals surface area contributed by atoms with Gasteiger partial charge in [-0.1, -0.05) is 36.4 Å². The van der Waals surface area contributed by atoms with Gasteiger partial charge in [-0.25, -0.2) is 9.78 Å². The molecule has 24 heavy (non-hydrogen) atoms. The van der Waals surface area contributed by atoms with E-state index < -0.39 is 0 Å². The number of aromatic nitrogens is 2. The summed E-state index contributed by atoms with van der Waals surface area (Å²) in [6.45, 7) is 1.13. The molecule has 0 radical (unpaired) electrons. The fraction of sp³-hybridized carbons (Fsp3) is 0.263. The third kappa shape index (κ3) is 3.11. The van der Waals surface area contributed by atoms with Gasteiger partial charge in [0.25, 0.3) is 0 Å². The van der Waals surface area contributed by atoms with Gasteiger partial charge in [-0.2, -0.15) is 0 Å². The molecule has 0 aliphatic heterocycles. The number of nitrogens with one attached hydrogen (secondary N) is 1. The molecule has 0 saturated heterocycles. The number of imidazole rings is 1. The summed E-state index contributed by atoms with van der Waals surface area (Å²) >= 11 is 0. The Bertz CT molecular complexity index is 839. The van der Waals surface area contributed by atoms with Gasteiger partial charge >= 0.3 is 6.03 Å². The first-order valence-corrected chi connectivity index (χ1v) is 8.30. The number of carbonyl (C=O) groups excluding carboxylic acids is 1. The summed E-state index contributed by atoms with van der Waals surface area (Å²) in [7, 11) is 0. The zero-order valence-electron chi connectivity index (χ0n) is 13.4. The molecular weight excluding hydrogens is 300 g/mol. The molecule has 1 saturated carbocycles. The lowest BCUT2D eigenvalue weighted by atomic mass is 10.2. The van der Waals surface area contributed by atoms with Gasteiger partial charge in [0.2, 0.25) is 0 Å². The van der Waals surface area contributed by atoms with E-state index in [4.69, 9.17) is 0 Å². The summed E-state index contributed by atoms with van der Waals surface area (Å²) in [5, 5.41) is 3.04. The van der Waals surface area contributed by atoms with Crippen molar-refractivity contribution < 1.29 is 4.79 Å². The lowest BCUT2D eigenvalue weighted by Gasteiger charge is -2.22. The molecule has 1 aliphatic rings. The van der Waals surface area contributed by atoms with Crippen LogP contribution in [0.25, 0.3) is 5.65 Å². The number of benzene rings is 1. The van der Waals surface area contributed by atoms with Gasteiger partial charge in [0, 0.05) is 18.8 Å². The Morgan fingerprint density at radius 1 is 1.17 bits per heavy atom. The summed E-state index contributed by atoms with van der Waals surface area (Å²) < 4.78 is 2.04. The molecule has 2 aromatic heterocycles. The first-order chi connectivity index (χ1) is 11.8. The molecule has 0 atom stereocenters. The maximum Gasteiger partial charge on any atom is 0.318 e. The van der Waals surface area contributed by atoms with Crippen molar-refractivity contribution in [2.24, 2.45) is 0 Å². The Morgan fingerprint density at radius 2 is 1.96 bits per heavy atom. The summed E-state index contributed by atoms with van der Waals surface area (Å²) in [4.78, 5) is 19.0. The first-order valence-electron chi connectivity index (χ1n) is 8.30. The average molecular weight is 320 g/mol. The van der Waals surface area contributed by atoms with Crippen molar-refractivity contribution in [2.45, 2.75) is 32.0 Å². The SMILES string of the molecule is O=C(NCc1ccccc1)N(Cc1cnc2ccccn12)C1CC1. The molecule has 1 fully saturated rings. The van der Waals surface area contributed by atoms with Gasteiger partial charge in [0.15, 0.2) is 0 Å². The molecule has 0 spiro atoms. The van der Waals surface area contributed by atoms with E-state index in [2.05, 4.69) is 10.3 Å². The number of hydrogen-bond acceptors (Lipinski definition) is 2. The minimum atomic E-state index is -0.00719. The van der Waals surface area contributed by atoms with Crippen molar-refractivity contribution in [1.29, 1.82) is 0 Å². The monoisotopic (exact) mass is 320 g/mol. The van der Waals surface area contributed by atoms with Gasteiger partial charge in [0.1, 0.15) is 5.65 Å². The second-order valence-electron chi connectivity index (χ2n) is 6.18. The van der Waals surface area contributed by atoms with Crippen LogP contribution in [-0.2, 0) is 13.1 Å². The largest absolute Gasteiger partial charge is 0.334 e. The van der Waals surface area contributed by atoms with Crippen LogP contribution in [0, 0.1) is 0 Å². The number of hydrogen-bond donors (Lipinski definition) is 1. The van der Waals surface area contributed by atoms with Crippen LogP contribution in [0.4, 0.5) is 4.79 Å². The minimum absolute atomic E-state index is 0.00719. The Kier molecular flexibility index (Phi) is 3.91. The predicted molar refractivity (Wildman–Crippen MR) is 92.4 cm³/mol. The van der Waals surface area contributed by atoms with Gasteiger partial charge in [0.05, 0.1) is 18.4 Å². The standard InChI is InChI=1S/C19H20N4O/c24-19(21-12-15-6-2-1-3-7-15)23(16-9-10-16)14-17-13-20-18-8-4-5-11-22(17)18/h1-8,11,13,16H,9-10,12,14H2,(H,21,24). The molecule has 2 heterocycles. The third-order valence-corrected chi connectivity index (χ3v) is 4.36. The van der Waals surface area contributed by atoms with Crippen LogP contribution in [0.1, 0.15) is 24.1 Å². The van der Waals surface area contributed by atoms with Crippen LogP contribution in [-0.4, -0.2) is 26.4 Å². The number of carbonyl (C=O) groups is 1. The van der Waals surface area contributed by atoms with E-state index in [-0.39, 0.29) is 6.03 Å². The van der Waals surface area contributed by atoms with Crippen molar-refractivity contribution in [3.8, 4) is 0 Å². The summed E-state index contributed by atoms with van der Waals surface area (Å²) in [6.07, 6.45) is 6.00. The molecule has 1 aromatic carbocycles. The van der Waals surface area contributed by atoms with E-state index >= 15 is 0 Å². The van der Waals surface area contributed by atoms with E-state index in [0.717, 1.165) is 29.7 Å². The van der Waals surface area contributed by atoms with Crippen LogP contribution in [0.3, 0.4) is 0 Å². The van der Waals surface area contributed by atoms with Crippen LogP contribution >= 0.6 is 0 Å². The van der Waals surface area contributed by atoms with Crippen LogP contribution in [0.2, 0.25) is 0 Å². The highest BCUT2D eigenvalue weighted by molar-refractivity contribution is 5.75. The van der Waals surface area contributed by atoms with Gasteiger partial charge in [-0.3, -0.25) is 0 Å². The van der Waals surface area contributed by atoms with Crippen LogP contribution < -0.4 is 5.32 Å². The lowest BCUT2D eigenvalue weighted by Crippen LogP contribution is -2.40. The number of rotatable bonds is 5. The Balaban J connectivity index is 1.47. The number of fused-ring (bicyclic) bond motifs is 1. The summed E-state index contributed by atoms with van der Waals surface area (Å²) in [5.41, 5.74) is 3.05. The normalized spacial score (nSPS) is 13.8. The van der Waals surface area contributed by atoms with E-state index in [1.165, 1.54) is 0 Å². The zero-order chi connectivity index (χ0) is 16.4. The molecule has 3 aromatic rings. The number of amides is 2. The minimum Gasteiger partial charge on any atom is -0.334 e. The van der Waals surface area contributed by atoms with Crippen molar-refractivity contribution >= 4 is 11.7 Å². The summed E-state index contributed by atoms with van der Waals surface area (Å²) in [5.74, 6) is 0. The molecule has 4 rings (SSSR count). The average Bonchev–Trinajstić information content (AvgIpc) is 3.39. The number of urea groups is 1. The van der Waals surface area contributed by atoms with Crippen molar-refractivity contribution in [1.82, 2.24) is 19.6 Å². The number of nitrogens with zero attached hydrogens (tertiary/aromatic N) is 3. The molecule has 0 unspecified atom stereocenters.